The van der Waals surface area contributed by atoms with Gasteiger partial charge in [0.1, 0.15) is 0 Å². The summed E-state index contributed by atoms with van der Waals surface area (Å²) in [5.41, 5.74) is 1.58. The summed E-state index contributed by atoms with van der Waals surface area (Å²) < 4.78 is 0.778. The van der Waals surface area contributed by atoms with Crippen LogP contribution in [0.3, 0.4) is 0 Å². The molecule has 0 fully saturated rings. The number of halogens is 1. The number of nitrogens with one attached hydrogen (secondary N) is 1. The van der Waals surface area contributed by atoms with E-state index in [1.165, 1.54) is 0 Å². The van der Waals surface area contributed by atoms with Crippen molar-refractivity contribution in [1.29, 1.82) is 0 Å². The Labute approximate surface area is 127 Å². The van der Waals surface area contributed by atoms with Crippen LogP contribution in [0.1, 0.15) is 20.7 Å². The molecule has 2 amide bonds. The summed E-state index contributed by atoms with van der Waals surface area (Å²) in [4.78, 5) is 26.1. The van der Waals surface area contributed by atoms with Crippen LogP contribution < -0.4 is 4.90 Å². The van der Waals surface area contributed by atoms with Gasteiger partial charge in [0.05, 0.1) is 22.0 Å². The van der Waals surface area contributed by atoms with Gasteiger partial charge in [-0.05, 0) is 40.2 Å². The number of carbonyl (C=O) groups is 2. The number of benzene rings is 2. The number of aromatic nitrogens is 2. The molecule has 5 nitrogen and oxygen atoms in total. The predicted molar refractivity (Wildman–Crippen MR) is 81.4 cm³/mol. The Morgan fingerprint density at radius 1 is 0.952 bits per heavy atom. The molecule has 0 atom stereocenters. The third-order valence-corrected chi connectivity index (χ3v) is 4.19. The zero-order chi connectivity index (χ0) is 14.6. The Bertz CT molecular complexity index is 881. The summed E-state index contributed by atoms with van der Waals surface area (Å²) in [5, 5.41) is 7.71. The third-order valence-electron chi connectivity index (χ3n) is 3.53. The lowest BCUT2D eigenvalue weighted by molar-refractivity contribution is 0.0925. The molecular formula is C15H8BrN3O2. The lowest BCUT2D eigenvalue weighted by atomic mass is 10.1. The summed E-state index contributed by atoms with van der Waals surface area (Å²) in [6, 6.07) is 12.3. The number of H-pyrrole nitrogens is 1. The molecule has 1 aliphatic heterocycles. The summed E-state index contributed by atoms with van der Waals surface area (Å²) >= 11 is 3.44. The van der Waals surface area contributed by atoms with E-state index in [2.05, 4.69) is 26.1 Å². The Balaban J connectivity index is 1.96. The van der Waals surface area contributed by atoms with Crippen LogP contribution in [-0.2, 0) is 0 Å². The highest BCUT2D eigenvalue weighted by Gasteiger charge is 2.38. The largest absolute Gasteiger partial charge is 0.276 e. The number of rotatable bonds is 1. The molecule has 1 aromatic heterocycles. The zero-order valence-corrected chi connectivity index (χ0v) is 12.2. The van der Waals surface area contributed by atoms with E-state index < -0.39 is 0 Å². The number of hydrogen-bond acceptors (Lipinski definition) is 3. The van der Waals surface area contributed by atoms with E-state index in [-0.39, 0.29) is 11.8 Å². The van der Waals surface area contributed by atoms with Gasteiger partial charge in [-0.25, -0.2) is 4.90 Å². The van der Waals surface area contributed by atoms with Gasteiger partial charge in [-0.3, -0.25) is 14.7 Å². The van der Waals surface area contributed by atoms with Crippen LogP contribution in [0.25, 0.3) is 10.9 Å². The molecule has 2 heterocycles. The SMILES string of the molecule is O=C1c2ccccc2C(=O)N1c1n[nH]c2cccc(Br)c12. The van der Waals surface area contributed by atoms with Crippen LogP contribution in [0.2, 0.25) is 0 Å². The van der Waals surface area contributed by atoms with Gasteiger partial charge in [-0.1, -0.05) is 18.2 Å². The number of nitrogens with zero attached hydrogens (tertiary/aromatic N) is 2. The summed E-state index contributed by atoms with van der Waals surface area (Å²) in [5.74, 6) is -0.372. The molecule has 1 N–H and O–H groups in total. The van der Waals surface area contributed by atoms with E-state index >= 15 is 0 Å². The predicted octanol–water partition coefficient (Wildman–Crippen LogP) is 3.13. The van der Waals surface area contributed by atoms with Crippen molar-refractivity contribution in [3.05, 3.63) is 58.1 Å². The molecule has 0 radical (unpaired) electrons. The van der Waals surface area contributed by atoms with Crippen molar-refractivity contribution >= 4 is 44.5 Å². The van der Waals surface area contributed by atoms with E-state index in [1.807, 2.05) is 18.2 Å². The fourth-order valence-corrected chi connectivity index (χ4v) is 3.10. The highest BCUT2D eigenvalue weighted by molar-refractivity contribution is 9.10. The average molecular weight is 342 g/mol. The van der Waals surface area contributed by atoms with Crippen molar-refractivity contribution < 1.29 is 9.59 Å². The average Bonchev–Trinajstić information content (AvgIpc) is 3.01. The topological polar surface area (TPSA) is 66.1 Å². The Morgan fingerprint density at radius 2 is 1.62 bits per heavy atom. The zero-order valence-electron chi connectivity index (χ0n) is 10.6. The van der Waals surface area contributed by atoms with Gasteiger partial charge in [0.25, 0.3) is 11.8 Å². The molecule has 0 spiro atoms. The van der Waals surface area contributed by atoms with Crippen LogP contribution >= 0.6 is 15.9 Å². The van der Waals surface area contributed by atoms with Gasteiger partial charge in [-0.2, -0.15) is 5.10 Å². The maximum absolute atomic E-state index is 12.5. The van der Waals surface area contributed by atoms with Crippen LogP contribution in [0, 0.1) is 0 Å². The molecule has 102 valence electrons. The Hall–Kier alpha value is -2.47. The normalized spacial score (nSPS) is 14.0. The van der Waals surface area contributed by atoms with Crippen LogP contribution in [0.15, 0.2) is 46.9 Å². The minimum atomic E-state index is -0.347. The van der Waals surface area contributed by atoms with E-state index in [0.29, 0.717) is 22.3 Å². The number of fused-ring (bicyclic) bond motifs is 2. The number of aromatic amines is 1. The number of carbonyl (C=O) groups excluding carboxylic acids is 2. The monoisotopic (exact) mass is 341 g/mol. The molecule has 0 aliphatic carbocycles. The molecule has 0 unspecified atom stereocenters. The fourth-order valence-electron chi connectivity index (χ4n) is 2.56. The first-order chi connectivity index (χ1) is 10.2. The molecule has 0 bridgehead atoms. The smallest absolute Gasteiger partial charge is 0.267 e. The van der Waals surface area contributed by atoms with Gasteiger partial charge in [0, 0.05) is 4.47 Å². The van der Waals surface area contributed by atoms with Crippen molar-refractivity contribution in [2.24, 2.45) is 0 Å². The second-order valence-corrected chi connectivity index (χ2v) is 5.56. The molecule has 1 aliphatic rings. The minimum Gasteiger partial charge on any atom is -0.276 e. The maximum Gasteiger partial charge on any atom is 0.267 e. The van der Waals surface area contributed by atoms with Gasteiger partial charge in [-0.15, -0.1) is 0 Å². The van der Waals surface area contributed by atoms with Crippen LogP contribution in [0.5, 0.6) is 0 Å². The Kier molecular flexibility index (Phi) is 2.49. The highest BCUT2D eigenvalue weighted by Crippen LogP contribution is 2.35. The third kappa shape index (κ3) is 1.59. The first-order valence-corrected chi connectivity index (χ1v) is 7.08. The number of anilines is 1. The lowest BCUT2D eigenvalue weighted by Crippen LogP contribution is -2.29. The lowest BCUT2D eigenvalue weighted by Gasteiger charge is -2.11. The first kappa shape index (κ1) is 12.3. The molecule has 4 rings (SSSR count). The molecule has 0 saturated heterocycles. The van der Waals surface area contributed by atoms with Gasteiger partial charge in [0.2, 0.25) is 0 Å². The molecule has 3 aromatic rings. The van der Waals surface area contributed by atoms with Crippen molar-refractivity contribution in [2.45, 2.75) is 0 Å². The summed E-state index contributed by atoms with van der Waals surface area (Å²) in [7, 11) is 0. The fraction of sp³-hybridized carbons (Fsp3) is 0. The van der Waals surface area contributed by atoms with Crippen LogP contribution in [-0.4, -0.2) is 22.0 Å². The molecule has 2 aromatic carbocycles. The first-order valence-electron chi connectivity index (χ1n) is 6.29. The standard InChI is InChI=1S/C15H8BrN3O2/c16-10-6-3-7-11-12(10)13(18-17-11)19-14(20)8-4-1-2-5-9(8)15(19)21/h1-7H,(H,17,18). The van der Waals surface area contributed by atoms with Crippen molar-refractivity contribution in [2.75, 3.05) is 4.90 Å². The molecule has 0 saturated carbocycles. The van der Waals surface area contributed by atoms with Gasteiger partial charge < -0.3 is 0 Å². The van der Waals surface area contributed by atoms with E-state index in [1.54, 1.807) is 24.3 Å². The summed E-state index contributed by atoms with van der Waals surface area (Å²) in [6.45, 7) is 0. The second-order valence-electron chi connectivity index (χ2n) is 4.70. The number of amides is 2. The minimum absolute atomic E-state index is 0.323. The number of hydrogen-bond donors (Lipinski definition) is 1. The summed E-state index contributed by atoms with van der Waals surface area (Å²) in [6.07, 6.45) is 0. The van der Waals surface area contributed by atoms with Crippen molar-refractivity contribution in [1.82, 2.24) is 10.2 Å². The van der Waals surface area contributed by atoms with Gasteiger partial charge >= 0.3 is 0 Å². The van der Waals surface area contributed by atoms with Crippen molar-refractivity contribution in [3.8, 4) is 0 Å². The maximum atomic E-state index is 12.5. The van der Waals surface area contributed by atoms with E-state index in [4.69, 9.17) is 0 Å². The van der Waals surface area contributed by atoms with E-state index in [9.17, 15) is 9.59 Å². The van der Waals surface area contributed by atoms with Crippen molar-refractivity contribution in [3.63, 3.8) is 0 Å². The highest BCUT2D eigenvalue weighted by atomic mass is 79.9. The Morgan fingerprint density at radius 3 is 2.29 bits per heavy atom. The number of imide groups is 1. The molecular weight excluding hydrogens is 334 g/mol. The second kappa shape index (κ2) is 4.26. The van der Waals surface area contributed by atoms with Gasteiger partial charge in [0.15, 0.2) is 5.82 Å². The molecule has 6 heteroatoms. The molecule has 21 heavy (non-hydrogen) atoms. The van der Waals surface area contributed by atoms with Crippen LogP contribution in [0.4, 0.5) is 5.82 Å². The van der Waals surface area contributed by atoms with E-state index in [0.717, 1.165) is 14.9 Å². The quantitative estimate of drug-likeness (QED) is 0.691.